The van der Waals surface area contributed by atoms with Gasteiger partial charge in [-0.25, -0.2) is 14.8 Å². The van der Waals surface area contributed by atoms with E-state index in [2.05, 4.69) is 25.9 Å². The van der Waals surface area contributed by atoms with E-state index in [0.29, 0.717) is 22.1 Å². The fourth-order valence-electron chi connectivity index (χ4n) is 2.19. The Morgan fingerprint density at radius 2 is 1.67 bits per heavy atom. The Bertz CT molecular complexity index is 964. The highest BCUT2D eigenvalue weighted by molar-refractivity contribution is 14.1. The van der Waals surface area contributed by atoms with Crippen LogP contribution in [0.15, 0.2) is 60.9 Å². The van der Waals surface area contributed by atoms with Gasteiger partial charge in [0.15, 0.2) is 0 Å². The first-order valence-electron chi connectivity index (χ1n) is 7.73. The number of nitrogens with zero attached hydrogens (tertiary/aromatic N) is 2. The van der Waals surface area contributed by atoms with Crippen LogP contribution in [0.1, 0.15) is 10.4 Å². The highest BCUT2D eigenvalue weighted by Gasteiger charge is 2.14. The maximum atomic E-state index is 12.5. The van der Waals surface area contributed by atoms with Crippen LogP contribution in [0.2, 0.25) is 5.02 Å². The maximum absolute atomic E-state index is 12.5. The van der Waals surface area contributed by atoms with Crippen molar-refractivity contribution in [2.75, 3.05) is 16.0 Å². The Hall–Kier alpha value is -2.72. The van der Waals surface area contributed by atoms with Gasteiger partial charge in [0.25, 0.3) is 5.91 Å². The summed E-state index contributed by atoms with van der Waals surface area (Å²) in [5, 5.41) is 8.28. The van der Waals surface area contributed by atoms with Crippen molar-refractivity contribution in [1.82, 2.24) is 9.97 Å². The van der Waals surface area contributed by atoms with Crippen LogP contribution < -0.4 is 16.0 Å². The van der Waals surface area contributed by atoms with Crippen molar-refractivity contribution in [2.45, 2.75) is 0 Å². The summed E-state index contributed by atoms with van der Waals surface area (Å²) in [6.07, 6.45) is 3.05. The van der Waals surface area contributed by atoms with Crippen LogP contribution >= 0.6 is 34.2 Å². The average molecular weight is 494 g/mol. The number of urea groups is 1. The molecule has 0 unspecified atom stereocenters. The molecule has 0 saturated heterocycles. The number of carbonyl (C=O) groups is 2. The van der Waals surface area contributed by atoms with Crippen LogP contribution in [0.4, 0.5) is 22.1 Å². The molecule has 0 atom stereocenters. The van der Waals surface area contributed by atoms with Gasteiger partial charge in [-0.1, -0.05) is 23.7 Å². The number of nitrogens with one attached hydrogen (secondary N) is 3. The molecule has 3 amide bonds. The molecule has 3 N–H and O–H groups in total. The maximum Gasteiger partial charge on any atom is 0.326 e. The number of hydrogen-bond acceptors (Lipinski definition) is 4. The lowest BCUT2D eigenvalue weighted by molar-refractivity contribution is 0.102. The van der Waals surface area contributed by atoms with E-state index in [0.717, 1.165) is 3.57 Å². The molecule has 7 nitrogen and oxygen atoms in total. The Kier molecular flexibility index (Phi) is 6.20. The van der Waals surface area contributed by atoms with Crippen molar-refractivity contribution in [2.24, 2.45) is 0 Å². The molecule has 2 aromatic heterocycles. The molecule has 0 aliphatic rings. The van der Waals surface area contributed by atoms with Crippen molar-refractivity contribution in [3.05, 3.63) is 75.1 Å². The molecule has 0 fully saturated rings. The summed E-state index contributed by atoms with van der Waals surface area (Å²) in [6, 6.07) is 13.0. The van der Waals surface area contributed by atoms with Crippen molar-refractivity contribution < 1.29 is 9.59 Å². The summed E-state index contributed by atoms with van der Waals surface area (Å²) in [5.74, 6) is 0.336. The van der Waals surface area contributed by atoms with Gasteiger partial charge in [0, 0.05) is 27.7 Å². The summed E-state index contributed by atoms with van der Waals surface area (Å²) in [6.45, 7) is 0. The van der Waals surface area contributed by atoms with Gasteiger partial charge in [-0.05, 0) is 52.9 Å². The molecule has 0 saturated carbocycles. The number of benzene rings is 1. The van der Waals surface area contributed by atoms with Gasteiger partial charge in [-0.15, -0.1) is 0 Å². The van der Waals surface area contributed by atoms with Crippen LogP contribution in [-0.4, -0.2) is 21.9 Å². The second kappa shape index (κ2) is 8.78. The van der Waals surface area contributed by atoms with Crippen molar-refractivity contribution in [3.8, 4) is 0 Å². The molecular weight excluding hydrogens is 481 g/mol. The summed E-state index contributed by atoms with van der Waals surface area (Å²) in [4.78, 5) is 32.6. The van der Waals surface area contributed by atoms with Gasteiger partial charge in [-0.3, -0.25) is 15.4 Å². The molecule has 3 aromatic rings. The number of hydrogen-bond donors (Lipinski definition) is 3. The second-order valence-electron chi connectivity index (χ2n) is 5.27. The summed E-state index contributed by atoms with van der Waals surface area (Å²) in [7, 11) is 0. The van der Waals surface area contributed by atoms with Crippen molar-refractivity contribution >= 4 is 63.5 Å². The monoisotopic (exact) mass is 493 g/mol. The highest BCUT2D eigenvalue weighted by atomic mass is 127. The Labute approximate surface area is 173 Å². The molecule has 0 bridgehead atoms. The van der Waals surface area contributed by atoms with E-state index in [9.17, 15) is 9.59 Å². The van der Waals surface area contributed by atoms with Crippen LogP contribution in [0.25, 0.3) is 0 Å². The predicted molar refractivity (Wildman–Crippen MR) is 113 cm³/mol. The number of pyridine rings is 2. The van der Waals surface area contributed by atoms with E-state index < -0.39 is 6.03 Å². The number of amides is 3. The summed E-state index contributed by atoms with van der Waals surface area (Å²) >= 11 is 8.17. The quantitative estimate of drug-likeness (QED) is 0.462. The lowest BCUT2D eigenvalue weighted by Gasteiger charge is -2.10. The molecule has 0 aliphatic carbocycles. The van der Waals surface area contributed by atoms with Gasteiger partial charge < -0.3 is 5.32 Å². The number of rotatable bonds is 4. The third kappa shape index (κ3) is 5.14. The number of anilines is 3. The standard InChI is InChI=1S/C18H13ClIN5O2/c19-12-4-3-5-13(20)16(12)17(26)23-11-7-9-22-15(10-11)25-18(27)24-14-6-1-2-8-21-14/h1-10H,(H3,21,22,23,24,25,26,27). The lowest BCUT2D eigenvalue weighted by atomic mass is 10.2. The first kappa shape index (κ1) is 19.1. The lowest BCUT2D eigenvalue weighted by Crippen LogP contribution is -2.21. The number of halogens is 2. The fraction of sp³-hybridized carbons (Fsp3) is 0. The first-order chi connectivity index (χ1) is 13.0. The molecule has 0 spiro atoms. The van der Waals surface area contributed by atoms with Crippen LogP contribution in [-0.2, 0) is 0 Å². The SMILES string of the molecule is O=C(Nc1ccccn1)Nc1cc(NC(=O)c2c(Cl)cccc2I)ccn1. The zero-order valence-electron chi connectivity index (χ0n) is 13.7. The van der Waals surface area contributed by atoms with Crippen LogP contribution in [0.5, 0.6) is 0 Å². The predicted octanol–water partition coefficient (Wildman–Crippen LogP) is 4.63. The van der Waals surface area contributed by atoms with Crippen molar-refractivity contribution in [3.63, 3.8) is 0 Å². The van der Waals surface area contributed by atoms with Gasteiger partial charge in [-0.2, -0.15) is 0 Å². The first-order valence-corrected chi connectivity index (χ1v) is 9.19. The molecular formula is C18H13ClIN5O2. The Morgan fingerprint density at radius 1 is 0.889 bits per heavy atom. The fourth-order valence-corrected chi connectivity index (χ4v) is 3.35. The van der Waals surface area contributed by atoms with Gasteiger partial charge in [0.2, 0.25) is 0 Å². The largest absolute Gasteiger partial charge is 0.326 e. The zero-order chi connectivity index (χ0) is 19.2. The molecule has 2 heterocycles. The van der Waals surface area contributed by atoms with E-state index in [1.807, 2.05) is 22.6 Å². The van der Waals surface area contributed by atoms with Gasteiger partial charge >= 0.3 is 6.03 Å². The average Bonchev–Trinajstić information content (AvgIpc) is 2.62. The minimum absolute atomic E-state index is 0.273. The van der Waals surface area contributed by atoms with E-state index in [4.69, 9.17) is 11.6 Å². The summed E-state index contributed by atoms with van der Waals surface area (Å²) < 4.78 is 0.736. The van der Waals surface area contributed by atoms with E-state index in [1.54, 1.807) is 54.7 Å². The molecule has 1 aromatic carbocycles. The highest BCUT2D eigenvalue weighted by Crippen LogP contribution is 2.23. The van der Waals surface area contributed by atoms with E-state index in [1.165, 1.54) is 6.20 Å². The topological polar surface area (TPSA) is 96.0 Å². The summed E-state index contributed by atoms with van der Waals surface area (Å²) in [5.41, 5.74) is 0.859. The Balaban J connectivity index is 1.68. The zero-order valence-corrected chi connectivity index (χ0v) is 16.7. The third-order valence-electron chi connectivity index (χ3n) is 3.36. The minimum atomic E-state index is -0.495. The third-order valence-corrected chi connectivity index (χ3v) is 4.57. The van der Waals surface area contributed by atoms with Gasteiger partial charge in [0.05, 0.1) is 10.6 Å². The molecule has 9 heteroatoms. The van der Waals surface area contributed by atoms with E-state index in [-0.39, 0.29) is 11.7 Å². The smallest absolute Gasteiger partial charge is 0.322 e. The second-order valence-corrected chi connectivity index (χ2v) is 6.84. The molecule has 27 heavy (non-hydrogen) atoms. The normalized spacial score (nSPS) is 10.1. The number of carbonyl (C=O) groups excluding carboxylic acids is 2. The molecule has 136 valence electrons. The van der Waals surface area contributed by atoms with Crippen LogP contribution in [0, 0.1) is 3.57 Å². The van der Waals surface area contributed by atoms with Crippen LogP contribution in [0.3, 0.4) is 0 Å². The van der Waals surface area contributed by atoms with Crippen molar-refractivity contribution in [1.29, 1.82) is 0 Å². The minimum Gasteiger partial charge on any atom is -0.322 e. The molecule has 0 radical (unpaired) electrons. The van der Waals surface area contributed by atoms with E-state index >= 15 is 0 Å². The Morgan fingerprint density at radius 3 is 2.41 bits per heavy atom. The number of aromatic nitrogens is 2. The molecule has 0 aliphatic heterocycles. The molecule has 3 rings (SSSR count). The van der Waals surface area contributed by atoms with Gasteiger partial charge in [0.1, 0.15) is 11.6 Å².